The van der Waals surface area contributed by atoms with E-state index in [4.69, 9.17) is 17.0 Å². The maximum atomic E-state index is 12.1. The Hall–Kier alpha value is -1.95. The fourth-order valence-electron chi connectivity index (χ4n) is 2.11. The van der Waals surface area contributed by atoms with Crippen LogP contribution in [0.25, 0.3) is 0 Å². The number of thiocarbonyl (C=S) groups is 1. The third-order valence-electron chi connectivity index (χ3n) is 3.33. The van der Waals surface area contributed by atoms with Gasteiger partial charge in [-0.05, 0) is 37.2 Å². The summed E-state index contributed by atoms with van der Waals surface area (Å²) < 4.78 is 5.32. The molecule has 1 aromatic carbocycles. The highest BCUT2D eigenvalue weighted by Gasteiger charge is 2.34. The summed E-state index contributed by atoms with van der Waals surface area (Å²) in [4.78, 5) is 25.3. The lowest BCUT2D eigenvalue weighted by molar-refractivity contribution is 0.0627. The minimum Gasteiger partial charge on any atom is -0.469 e. The van der Waals surface area contributed by atoms with Crippen molar-refractivity contribution < 1.29 is 14.3 Å². The van der Waals surface area contributed by atoms with E-state index in [1.165, 1.54) is 4.90 Å². The van der Waals surface area contributed by atoms with E-state index >= 15 is 0 Å². The molecule has 1 N–H and O–H groups in total. The quantitative estimate of drug-likeness (QED) is 0.670. The van der Waals surface area contributed by atoms with Gasteiger partial charge in [0.1, 0.15) is 6.61 Å². The molecule has 0 bridgehead atoms. The summed E-state index contributed by atoms with van der Waals surface area (Å²) in [6.07, 6.45) is 2.23. The second-order valence-electron chi connectivity index (χ2n) is 4.86. The van der Waals surface area contributed by atoms with Gasteiger partial charge >= 0.3 is 0 Å². The lowest BCUT2D eigenvalue weighted by Gasteiger charge is -2.15. The average molecular weight is 290 g/mol. The Kier molecular flexibility index (Phi) is 3.40. The van der Waals surface area contributed by atoms with Gasteiger partial charge in [0.05, 0.1) is 17.7 Å². The van der Waals surface area contributed by atoms with E-state index < -0.39 is 0 Å². The number of fused-ring (bicyclic) bond motifs is 1. The van der Waals surface area contributed by atoms with Gasteiger partial charge < -0.3 is 10.1 Å². The van der Waals surface area contributed by atoms with E-state index in [1.807, 2.05) is 0 Å². The highest BCUT2D eigenvalue weighted by molar-refractivity contribution is 7.80. The first-order chi connectivity index (χ1) is 9.66. The number of benzene rings is 1. The molecule has 2 aliphatic rings. The van der Waals surface area contributed by atoms with Crippen LogP contribution >= 0.6 is 12.2 Å². The Morgan fingerprint density at radius 2 is 1.85 bits per heavy atom. The third kappa shape index (κ3) is 2.51. The summed E-state index contributed by atoms with van der Waals surface area (Å²) >= 11 is 5.02. The van der Waals surface area contributed by atoms with Crippen LogP contribution in [0, 0.1) is 0 Å². The SMILES string of the molecule is O=C1c2ccccc2C(=O)N1CCOC(=S)NC1CC1. The zero-order valence-electron chi connectivity index (χ0n) is 10.8. The van der Waals surface area contributed by atoms with Gasteiger partial charge in [-0.2, -0.15) is 0 Å². The minimum atomic E-state index is -0.268. The Labute approximate surface area is 121 Å². The molecule has 104 valence electrons. The minimum absolute atomic E-state index is 0.207. The molecule has 0 unspecified atom stereocenters. The Morgan fingerprint density at radius 3 is 2.40 bits per heavy atom. The number of hydrogen-bond acceptors (Lipinski definition) is 4. The fraction of sp³-hybridized carbons (Fsp3) is 0.357. The Balaban J connectivity index is 1.55. The molecule has 1 aromatic rings. The van der Waals surface area contributed by atoms with Crippen LogP contribution in [-0.2, 0) is 4.74 Å². The third-order valence-corrected chi connectivity index (χ3v) is 3.56. The van der Waals surface area contributed by atoms with Gasteiger partial charge in [0.15, 0.2) is 0 Å². The zero-order chi connectivity index (χ0) is 14.1. The number of nitrogens with one attached hydrogen (secondary N) is 1. The van der Waals surface area contributed by atoms with Crippen molar-refractivity contribution in [1.29, 1.82) is 0 Å². The Morgan fingerprint density at radius 1 is 1.25 bits per heavy atom. The van der Waals surface area contributed by atoms with Gasteiger partial charge in [0, 0.05) is 6.04 Å². The number of hydrogen-bond donors (Lipinski definition) is 1. The normalized spacial score (nSPS) is 17.1. The van der Waals surface area contributed by atoms with Crippen molar-refractivity contribution in [3.63, 3.8) is 0 Å². The molecule has 1 heterocycles. The summed E-state index contributed by atoms with van der Waals surface area (Å²) in [5.74, 6) is -0.537. The molecule has 1 aliphatic carbocycles. The van der Waals surface area contributed by atoms with Crippen molar-refractivity contribution in [2.75, 3.05) is 13.2 Å². The maximum absolute atomic E-state index is 12.1. The lowest BCUT2D eigenvalue weighted by Crippen LogP contribution is -2.35. The summed E-state index contributed by atoms with van der Waals surface area (Å²) in [5, 5.41) is 3.38. The first-order valence-electron chi connectivity index (χ1n) is 6.55. The van der Waals surface area contributed by atoms with Gasteiger partial charge in [0.2, 0.25) is 0 Å². The van der Waals surface area contributed by atoms with Crippen molar-refractivity contribution in [3.8, 4) is 0 Å². The largest absolute Gasteiger partial charge is 0.469 e. The van der Waals surface area contributed by atoms with Gasteiger partial charge in [-0.15, -0.1) is 0 Å². The van der Waals surface area contributed by atoms with Crippen LogP contribution in [0.4, 0.5) is 0 Å². The standard InChI is InChI=1S/C14H14N2O3S/c17-12-10-3-1-2-4-11(10)13(18)16(12)7-8-19-14(20)15-9-5-6-9/h1-4,9H,5-8H2,(H,15,20). The molecule has 0 aromatic heterocycles. The zero-order valence-corrected chi connectivity index (χ0v) is 11.6. The van der Waals surface area contributed by atoms with Crippen molar-refractivity contribution in [1.82, 2.24) is 10.2 Å². The van der Waals surface area contributed by atoms with Crippen molar-refractivity contribution in [2.45, 2.75) is 18.9 Å². The van der Waals surface area contributed by atoms with Gasteiger partial charge in [-0.3, -0.25) is 14.5 Å². The van der Waals surface area contributed by atoms with Crippen LogP contribution < -0.4 is 5.32 Å². The molecule has 3 rings (SSSR count). The van der Waals surface area contributed by atoms with Gasteiger partial charge in [-0.1, -0.05) is 12.1 Å². The van der Waals surface area contributed by atoms with Crippen LogP contribution in [0.3, 0.4) is 0 Å². The number of imide groups is 1. The summed E-state index contributed by atoms with van der Waals surface area (Å²) in [6, 6.07) is 7.25. The highest BCUT2D eigenvalue weighted by atomic mass is 32.1. The number of ether oxygens (including phenoxy) is 1. The van der Waals surface area contributed by atoms with Crippen LogP contribution in [0.2, 0.25) is 0 Å². The molecule has 6 heteroatoms. The molecular formula is C14H14N2O3S. The van der Waals surface area contributed by atoms with E-state index in [-0.39, 0.29) is 25.0 Å². The molecular weight excluding hydrogens is 276 g/mol. The molecule has 20 heavy (non-hydrogen) atoms. The molecule has 0 spiro atoms. The van der Waals surface area contributed by atoms with Crippen molar-refractivity contribution in [2.24, 2.45) is 0 Å². The van der Waals surface area contributed by atoms with Crippen molar-refractivity contribution in [3.05, 3.63) is 35.4 Å². The molecule has 0 radical (unpaired) electrons. The first kappa shape index (κ1) is 13.1. The van der Waals surface area contributed by atoms with Crippen LogP contribution in [0.1, 0.15) is 33.6 Å². The average Bonchev–Trinajstić information content (AvgIpc) is 3.22. The number of nitrogens with zero attached hydrogens (tertiary/aromatic N) is 1. The van der Waals surface area contributed by atoms with E-state index in [9.17, 15) is 9.59 Å². The van der Waals surface area contributed by atoms with E-state index in [0.717, 1.165) is 12.8 Å². The summed E-state index contributed by atoms with van der Waals surface area (Å²) in [5.41, 5.74) is 0.910. The van der Waals surface area contributed by atoms with Crippen LogP contribution in [0.5, 0.6) is 0 Å². The van der Waals surface area contributed by atoms with Gasteiger partial charge in [0.25, 0.3) is 17.0 Å². The maximum Gasteiger partial charge on any atom is 0.261 e. The predicted octanol–water partition coefficient (Wildman–Crippen LogP) is 1.34. The predicted molar refractivity (Wildman–Crippen MR) is 76.5 cm³/mol. The number of amides is 2. The van der Waals surface area contributed by atoms with E-state index in [0.29, 0.717) is 22.3 Å². The molecule has 0 saturated heterocycles. The van der Waals surface area contributed by atoms with Crippen molar-refractivity contribution >= 4 is 29.2 Å². The molecule has 1 saturated carbocycles. The van der Waals surface area contributed by atoms with Crippen LogP contribution in [0.15, 0.2) is 24.3 Å². The number of carbonyl (C=O) groups is 2. The second-order valence-corrected chi connectivity index (χ2v) is 5.23. The Bertz CT molecular complexity index is 549. The monoisotopic (exact) mass is 290 g/mol. The van der Waals surface area contributed by atoms with E-state index in [1.54, 1.807) is 24.3 Å². The lowest BCUT2D eigenvalue weighted by atomic mass is 10.1. The summed E-state index contributed by atoms with van der Waals surface area (Å²) in [6.45, 7) is 0.419. The van der Waals surface area contributed by atoms with Gasteiger partial charge in [-0.25, -0.2) is 0 Å². The molecule has 1 fully saturated rings. The van der Waals surface area contributed by atoms with Crippen LogP contribution in [-0.4, -0.2) is 41.1 Å². The molecule has 5 nitrogen and oxygen atoms in total. The van der Waals surface area contributed by atoms with E-state index in [2.05, 4.69) is 5.32 Å². The molecule has 0 atom stereocenters. The smallest absolute Gasteiger partial charge is 0.261 e. The summed E-state index contributed by atoms with van der Waals surface area (Å²) in [7, 11) is 0. The second kappa shape index (κ2) is 5.20. The topological polar surface area (TPSA) is 58.6 Å². The number of carbonyl (C=O) groups excluding carboxylic acids is 2. The fourth-order valence-corrected chi connectivity index (χ4v) is 2.36. The highest BCUT2D eigenvalue weighted by Crippen LogP contribution is 2.22. The first-order valence-corrected chi connectivity index (χ1v) is 6.96. The molecule has 1 aliphatic heterocycles. The number of rotatable bonds is 4. The molecule has 2 amide bonds.